The fourth-order valence-electron chi connectivity index (χ4n) is 1.64. The summed E-state index contributed by atoms with van der Waals surface area (Å²) >= 11 is 0. The summed E-state index contributed by atoms with van der Waals surface area (Å²) in [7, 11) is 3.24. The zero-order valence-corrected chi connectivity index (χ0v) is 11.4. The smallest absolute Gasteiger partial charge is 0.161 e. The lowest BCUT2D eigenvalue weighted by Crippen LogP contribution is -2.23. The third-order valence-electron chi connectivity index (χ3n) is 2.86. The normalized spacial score (nSPS) is 13.5. The molecule has 0 amide bonds. The van der Waals surface area contributed by atoms with E-state index in [-0.39, 0.29) is 12.0 Å². The molecule has 4 heteroatoms. The summed E-state index contributed by atoms with van der Waals surface area (Å²) < 4.78 is 10.5. The van der Waals surface area contributed by atoms with Gasteiger partial charge in [-0.25, -0.2) is 0 Å². The molecule has 0 fully saturated rings. The van der Waals surface area contributed by atoms with Crippen LogP contribution < -0.4 is 14.8 Å². The van der Waals surface area contributed by atoms with E-state index >= 15 is 0 Å². The quantitative estimate of drug-likeness (QED) is 0.840. The number of nitrogens with one attached hydrogen (secondary N) is 1. The van der Waals surface area contributed by atoms with Crippen LogP contribution in [0.25, 0.3) is 0 Å². The van der Waals surface area contributed by atoms with Crippen LogP contribution >= 0.6 is 0 Å². The third kappa shape index (κ3) is 3.64. The number of rotatable bonds is 6. The lowest BCUT2D eigenvalue weighted by atomic mass is 10.1. The Morgan fingerprint density at radius 3 is 2.44 bits per heavy atom. The summed E-state index contributed by atoms with van der Waals surface area (Å²) in [6, 6.07) is 8.21. The van der Waals surface area contributed by atoms with Crippen LogP contribution in [0, 0.1) is 17.2 Å². The van der Waals surface area contributed by atoms with E-state index in [9.17, 15) is 0 Å². The Bertz CT molecular complexity index is 426. The number of hydrogen-bond donors (Lipinski definition) is 1. The molecule has 0 spiro atoms. The molecule has 2 unspecified atom stereocenters. The molecule has 0 aromatic heterocycles. The van der Waals surface area contributed by atoms with E-state index in [4.69, 9.17) is 14.7 Å². The van der Waals surface area contributed by atoms with Crippen LogP contribution in [0.4, 0.5) is 0 Å². The zero-order valence-electron chi connectivity index (χ0n) is 11.4. The van der Waals surface area contributed by atoms with Gasteiger partial charge >= 0.3 is 0 Å². The average Bonchev–Trinajstić information content (AvgIpc) is 2.43. The minimum Gasteiger partial charge on any atom is -0.493 e. The number of methoxy groups -OCH3 is 2. The Morgan fingerprint density at radius 1 is 1.22 bits per heavy atom. The second-order valence-electron chi connectivity index (χ2n) is 4.27. The molecule has 0 aliphatic rings. The van der Waals surface area contributed by atoms with Crippen LogP contribution in [-0.4, -0.2) is 20.8 Å². The molecule has 0 aliphatic carbocycles. The predicted molar refractivity (Wildman–Crippen MR) is 70.7 cm³/mol. The SMILES string of the molecule is COc1ccc(C(C)NCC(C)C#N)cc1OC. The number of nitriles is 1. The van der Waals surface area contributed by atoms with Gasteiger partial charge in [0.1, 0.15) is 0 Å². The first-order valence-corrected chi connectivity index (χ1v) is 5.97. The fraction of sp³-hybridized carbons (Fsp3) is 0.500. The van der Waals surface area contributed by atoms with Gasteiger partial charge in [-0.15, -0.1) is 0 Å². The Labute approximate surface area is 109 Å². The Morgan fingerprint density at radius 2 is 1.89 bits per heavy atom. The summed E-state index contributed by atoms with van der Waals surface area (Å²) in [5, 5.41) is 12.1. The molecule has 0 saturated carbocycles. The van der Waals surface area contributed by atoms with Crippen molar-refractivity contribution >= 4 is 0 Å². The van der Waals surface area contributed by atoms with E-state index in [0.29, 0.717) is 6.54 Å². The van der Waals surface area contributed by atoms with Gasteiger partial charge in [0.25, 0.3) is 0 Å². The molecule has 1 N–H and O–H groups in total. The second kappa shape index (κ2) is 6.87. The van der Waals surface area contributed by atoms with E-state index in [1.165, 1.54) is 0 Å². The highest BCUT2D eigenvalue weighted by Gasteiger charge is 2.10. The van der Waals surface area contributed by atoms with Crippen molar-refractivity contribution < 1.29 is 9.47 Å². The standard InChI is InChI=1S/C14H20N2O2/c1-10(8-15)9-16-11(2)12-5-6-13(17-3)14(7-12)18-4/h5-7,10-11,16H,9H2,1-4H3. The molecule has 4 nitrogen and oxygen atoms in total. The topological polar surface area (TPSA) is 54.3 Å². The van der Waals surface area contributed by atoms with Crippen LogP contribution in [0.5, 0.6) is 11.5 Å². The van der Waals surface area contributed by atoms with Crippen molar-refractivity contribution in [2.45, 2.75) is 19.9 Å². The molecule has 1 rings (SSSR count). The van der Waals surface area contributed by atoms with Gasteiger partial charge in [0.15, 0.2) is 11.5 Å². The molecular weight excluding hydrogens is 228 g/mol. The van der Waals surface area contributed by atoms with Gasteiger partial charge in [0, 0.05) is 12.6 Å². The van der Waals surface area contributed by atoms with E-state index in [0.717, 1.165) is 17.1 Å². The van der Waals surface area contributed by atoms with Crippen molar-refractivity contribution in [1.29, 1.82) is 5.26 Å². The summed E-state index contributed by atoms with van der Waals surface area (Å²) in [6.07, 6.45) is 0. The minimum atomic E-state index is 0.00703. The van der Waals surface area contributed by atoms with E-state index in [2.05, 4.69) is 18.3 Å². The maximum absolute atomic E-state index is 8.74. The van der Waals surface area contributed by atoms with Crippen LogP contribution in [0.15, 0.2) is 18.2 Å². The van der Waals surface area contributed by atoms with Crippen molar-refractivity contribution in [2.75, 3.05) is 20.8 Å². The van der Waals surface area contributed by atoms with Crippen LogP contribution in [0.2, 0.25) is 0 Å². The van der Waals surface area contributed by atoms with Crippen LogP contribution in [0.3, 0.4) is 0 Å². The minimum absolute atomic E-state index is 0.00703. The highest BCUT2D eigenvalue weighted by Crippen LogP contribution is 2.29. The van der Waals surface area contributed by atoms with Crippen LogP contribution in [-0.2, 0) is 0 Å². The number of hydrogen-bond acceptors (Lipinski definition) is 4. The first kappa shape index (κ1) is 14.3. The van der Waals surface area contributed by atoms with Crippen molar-refractivity contribution in [3.63, 3.8) is 0 Å². The second-order valence-corrected chi connectivity index (χ2v) is 4.27. The summed E-state index contributed by atoms with van der Waals surface area (Å²) in [6.45, 7) is 4.63. The maximum Gasteiger partial charge on any atom is 0.161 e. The lowest BCUT2D eigenvalue weighted by molar-refractivity contribution is 0.354. The van der Waals surface area contributed by atoms with Gasteiger partial charge in [-0.2, -0.15) is 5.26 Å². The van der Waals surface area contributed by atoms with Crippen molar-refractivity contribution in [2.24, 2.45) is 5.92 Å². The highest BCUT2D eigenvalue weighted by atomic mass is 16.5. The zero-order chi connectivity index (χ0) is 13.5. The largest absolute Gasteiger partial charge is 0.493 e. The molecule has 1 aromatic carbocycles. The van der Waals surface area contributed by atoms with Gasteiger partial charge in [0.2, 0.25) is 0 Å². The molecular formula is C14H20N2O2. The Kier molecular flexibility index (Phi) is 5.47. The first-order chi connectivity index (χ1) is 8.62. The van der Waals surface area contributed by atoms with Gasteiger partial charge < -0.3 is 14.8 Å². The summed E-state index contributed by atoms with van der Waals surface area (Å²) in [4.78, 5) is 0. The number of ether oxygens (including phenoxy) is 2. The summed E-state index contributed by atoms with van der Waals surface area (Å²) in [5.74, 6) is 1.45. The summed E-state index contributed by atoms with van der Waals surface area (Å²) in [5.41, 5.74) is 1.11. The van der Waals surface area contributed by atoms with E-state index in [1.807, 2.05) is 25.1 Å². The van der Waals surface area contributed by atoms with Crippen LogP contribution in [0.1, 0.15) is 25.5 Å². The van der Waals surface area contributed by atoms with Crippen molar-refractivity contribution in [3.05, 3.63) is 23.8 Å². The van der Waals surface area contributed by atoms with Gasteiger partial charge in [-0.3, -0.25) is 0 Å². The maximum atomic E-state index is 8.74. The average molecular weight is 248 g/mol. The van der Waals surface area contributed by atoms with E-state index < -0.39 is 0 Å². The van der Waals surface area contributed by atoms with Gasteiger partial charge in [-0.1, -0.05) is 6.07 Å². The molecule has 0 radical (unpaired) electrons. The fourth-order valence-corrected chi connectivity index (χ4v) is 1.64. The predicted octanol–water partition coefficient (Wildman–Crippen LogP) is 2.51. The van der Waals surface area contributed by atoms with E-state index in [1.54, 1.807) is 14.2 Å². The van der Waals surface area contributed by atoms with Gasteiger partial charge in [0.05, 0.1) is 26.2 Å². The van der Waals surface area contributed by atoms with Gasteiger partial charge in [-0.05, 0) is 31.5 Å². The molecule has 2 atom stereocenters. The molecule has 98 valence electrons. The molecule has 0 aliphatic heterocycles. The molecule has 0 saturated heterocycles. The van der Waals surface area contributed by atoms with Crippen molar-refractivity contribution in [3.8, 4) is 17.6 Å². The first-order valence-electron chi connectivity index (χ1n) is 5.97. The molecule has 0 bridgehead atoms. The monoisotopic (exact) mass is 248 g/mol. The number of benzene rings is 1. The third-order valence-corrected chi connectivity index (χ3v) is 2.86. The lowest BCUT2D eigenvalue weighted by Gasteiger charge is -2.17. The Hall–Kier alpha value is -1.73. The Balaban J connectivity index is 2.74. The molecule has 0 heterocycles. The molecule has 18 heavy (non-hydrogen) atoms. The van der Waals surface area contributed by atoms with Crippen molar-refractivity contribution in [1.82, 2.24) is 5.32 Å². The number of nitrogens with zero attached hydrogens (tertiary/aromatic N) is 1. The molecule has 1 aromatic rings. The highest BCUT2D eigenvalue weighted by molar-refractivity contribution is 5.43.